The van der Waals surface area contributed by atoms with Gasteiger partial charge < -0.3 is 9.73 Å². The molecule has 0 spiro atoms. The normalized spacial score (nSPS) is 15.6. The number of fused-ring (bicyclic) bond motifs is 1. The minimum atomic E-state index is -0.216. The van der Waals surface area contributed by atoms with Crippen molar-refractivity contribution in [1.29, 1.82) is 0 Å². The summed E-state index contributed by atoms with van der Waals surface area (Å²) in [5.74, 6) is 1.01. The molecule has 104 valence electrons. The van der Waals surface area contributed by atoms with Crippen LogP contribution in [0.3, 0.4) is 0 Å². The Balaban J connectivity index is 1.93. The smallest absolute Gasteiger partial charge is 0.224 e. The number of furan rings is 1. The second-order valence-electron chi connectivity index (χ2n) is 4.98. The lowest BCUT2D eigenvalue weighted by Crippen LogP contribution is -2.19. The Bertz CT molecular complexity index is 648. The lowest BCUT2D eigenvalue weighted by molar-refractivity contribution is -0.116. The molecular weight excluding hydrogens is 274 g/mol. The summed E-state index contributed by atoms with van der Waals surface area (Å²) in [6.45, 7) is 2.05. The number of benzene rings is 1. The summed E-state index contributed by atoms with van der Waals surface area (Å²) in [6.07, 6.45) is 3.81. The maximum absolute atomic E-state index is 11.4. The van der Waals surface area contributed by atoms with E-state index in [1.807, 2.05) is 25.1 Å². The van der Waals surface area contributed by atoms with Crippen molar-refractivity contribution in [2.45, 2.75) is 31.6 Å². The quantitative estimate of drug-likeness (QED) is 0.866. The molecule has 1 aromatic heterocycles. The van der Waals surface area contributed by atoms with Crippen LogP contribution in [0.15, 0.2) is 34.9 Å². The van der Waals surface area contributed by atoms with Crippen LogP contribution in [-0.4, -0.2) is 5.91 Å². The topological polar surface area (TPSA) is 42.2 Å². The molecule has 3 rings (SSSR count). The lowest BCUT2D eigenvalue weighted by Gasteiger charge is -2.19. The Morgan fingerprint density at radius 1 is 1.35 bits per heavy atom. The Hall–Kier alpha value is -1.74. The van der Waals surface area contributed by atoms with Crippen molar-refractivity contribution in [2.24, 2.45) is 0 Å². The van der Waals surface area contributed by atoms with Crippen molar-refractivity contribution >= 4 is 23.2 Å². The van der Waals surface area contributed by atoms with Crippen molar-refractivity contribution in [3.63, 3.8) is 0 Å². The Morgan fingerprint density at radius 3 is 3.00 bits per heavy atom. The highest BCUT2D eigenvalue weighted by molar-refractivity contribution is 6.22. The average Bonchev–Trinajstić information content (AvgIpc) is 2.94. The molecule has 3 nitrogen and oxygen atoms in total. The number of alkyl halides is 1. The number of nitrogens with one attached hydrogen (secondary N) is 1. The Morgan fingerprint density at radius 2 is 2.20 bits per heavy atom. The third-order valence-electron chi connectivity index (χ3n) is 3.69. The number of rotatable bonds is 3. The van der Waals surface area contributed by atoms with Gasteiger partial charge in [0, 0.05) is 24.1 Å². The van der Waals surface area contributed by atoms with Crippen molar-refractivity contribution < 1.29 is 9.21 Å². The van der Waals surface area contributed by atoms with E-state index in [1.165, 1.54) is 0 Å². The third-order valence-corrected chi connectivity index (χ3v) is 4.18. The number of amides is 1. The average molecular weight is 290 g/mol. The van der Waals surface area contributed by atoms with Crippen LogP contribution in [0.5, 0.6) is 0 Å². The molecule has 1 aromatic carbocycles. The first-order valence-electron chi connectivity index (χ1n) is 6.82. The summed E-state index contributed by atoms with van der Waals surface area (Å²) in [4.78, 5) is 11.4. The molecule has 1 amide bonds. The summed E-state index contributed by atoms with van der Waals surface area (Å²) in [7, 11) is 0. The minimum absolute atomic E-state index is 0.0794. The number of hydrogen-bond donors (Lipinski definition) is 1. The van der Waals surface area contributed by atoms with E-state index in [1.54, 1.807) is 6.26 Å². The number of anilines is 1. The van der Waals surface area contributed by atoms with Crippen molar-refractivity contribution in [2.75, 3.05) is 5.32 Å². The van der Waals surface area contributed by atoms with Crippen molar-refractivity contribution in [1.82, 2.24) is 0 Å². The summed E-state index contributed by atoms with van der Waals surface area (Å²) in [5.41, 5.74) is 4.11. The van der Waals surface area contributed by atoms with E-state index in [-0.39, 0.29) is 11.3 Å². The van der Waals surface area contributed by atoms with Gasteiger partial charge in [-0.15, -0.1) is 11.6 Å². The molecule has 0 saturated heterocycles. The van der Waals surface area contributed by atoms with E-state index < -0.39 is 0 Å². The zero-order valence-corrected chi connectivity index (χ0v) is 12.0. The third kappa shape index (κ3) is 2.34. The summed E-state index contributed by atoms with van der Waals surface area (Å²) < 4.78 is 5.44. The summed E-state index contributed by atoms with van der Waals surface area (Å²) >= 11 is 6.58. The van der Waals surface area contributed by atoms with E-state index in [0.717, 1.165) is 41.0 Å². The number of carbonyl (C=O) groups is 1. The molecule has 1 aliphatic heterocycles. The highest BCUT2D eigenvalue weighted by Crippen LogP contribution is 2.35. The molecule has 0 radical (unpaired) electrons. The number of carbonyl (C=O) groups excluding carboxylic acids is 1. The fourth-order valence-electron chi connectivity index (χ4n) is 2.60. The van der Waals surface area contributed by atoms with Gasteiger partial charge in [0.25, 0.3) is 0 Å². The molecule has 0 aliphatic carbocycles. The summed E-state index contributed by atoms with van der Waals surface area (Å²) in [6, 6.07) is 7.91. The zero-order chi connectivity index (χ0) is 14.1. The standard InChI is InChI=1S/C16H16ClNO2/c1-2-14-12(7-8-20-14)16(17)11-3-5-13-10(9-11)4-6-15(19)18-13/h3,5,7-9,16H,2,4,6H2,1H3,(H,18,19). The minimum Gasteiger partial charge on any atom is -0.469 e. The van der Waals surface area contributed by atoms with Crippen LogP contribution in [0, 0.1) is 0 Å². The van der Waals surface area contributed by atoms with Gasteiger partial charge in [0.05, 0.1) is 11.6 Å². The van der Waals surface area contributed by atoms with Gasteiger partial charge in [0.15, 0.2) is 0 Å². The molecular formula is C16H16ClNO2. The maximum atomic E-state index is 11.4. The van der Waals surface area contributed by atoms with Crippen LogP contribution in [0.25, 0.3) is 0 Å². The molecule has 0 saturated carbocycles. The largest absolute Gasteiger partial charge is 0.469 e. The lowest BCUT2D eigenvalue weighted by atomic mass is 9.96. The van der Waals surface area contributed by atoms with E-state index in [4.69, 9.17) is 16.0 Å². The van der Waals surface area contributed by atoms with Gasteiger partial charge in [-0.25, -0.2) is 0 Å². The van der Waals surface area contributed by atoms with E-state index in [2.05, 4.69) is 11.4 Å². The molecule has 2 heterocycles. The van der Waals surface area contributed by atoms with Crippen LogP contribution in [0.1, 0.15) is 41.2 Å². The fourth-order valence-corrected chi connectivity index (χ4v) is 2.93. The first kappa shape index (κ1) is 13.3. The van der Waals surface area contributed by atoms with Crippen LogP contribution < -0.4 is 5.32 Å². The van der Waals surface area contributed by atoms with Gasteiger partial charge in [-0.1, -0.05) is 19.1 Å². The van der Waals surface area contributed by atoms with E-state index >= 15 is 0 Å². The van der Waals surface area contributed by atoms with Gasteiger partial charge >= 0.3 is 0 Å². The number of halogens is 1. The molecule has 0 fully saturated rings. The van der Waals surface area contributed by atoms with Gasteiger partial charge in [-0.05, 0) is 29.7 Å². The second-order valence-corrected chi connectivity index (χ2v) is 5.42. The van der Waals surface area contributed by atoms with Gasteiger partial charge in [-0.3, -0.25) is 4.79 Å². The molecule has 20 heavy (non-hydrogen) atoms. The number of hydrogen-bond acceptors (Lipinski definition) is 2. The Labute approximate surface area is 122 Å². The number of aryl methyl sites for hydroxylation is 2. The Kier molecular flexibility index (Phi) is 3.53. The second kappa shape index (κ2) is 5.33. The first-order chi connectivity index (χ1) is 9.69. The molecule has 1 unspecified atom stereocenters. The van der Waals surface area contributed by atoms with Gasteiger partial charge in [0.1, 0.15) is 5.76 Å². The highest BCUT2D eigenvalue weighted by Gasteiger charge is 2.20. The maximum Gasteiger partial charge on any atom is 0.224 e. The van der Waals surface area contributed by atoms with Crippen LogP contribution in [-0.2, 0) is 17.6 Å². The van der Waals surface area contributed by atoms with E-state index in [9.17, 15) is 4.79 Å². The molecule has 1 atom stereocenters. The van der Waals surface area contributed by atoms with Gasteiger partial charge in [-0.2, -0.15) is 0 Å². The SMILES string of the molecule is CCc1occc1C(Cl)c1ccc2c(c1)CCC(=O)N2. The van der Waals surface area contributed by atoms with Gasteiger partial charge in [0.2, 0.25) is 5.91 Å². The van der Waals surface area contributed by atoms with Crippen LogP contribution in [0.2, 0.25) is 0 Å². The van der Waals surface area contributed by atoms with Crippen molar-refractivity contribution in [3.8, 4) is 0 Å². The summed E-state index contributed by atoms with van der Waals surface area (Å²) in [5, 5.41) is 2.67. The monoisotopic (exact) mass is 289 g/mol. The molecule has 2 aromatic rings. The van der Waals surface area contributed by atoms with Crippen LogP contribution in [0.4, 0.5) is 5.69 Å². The van der Waals surface area contributed by atoms with Crippen LogP contribution >= 0.6 is 11.6 Å². The highest BCUT2D eigenvalue weighted by atomic mass is 35.5. The zero-order valence-electron chi connectivity index (χ0n) is 11.3. The molecule has 0 bridgehead atoms. The fraction of sp³-hybridized carbons (Fsp3) is 0.312. The molecule has 1 aliphatic rings. The predicted octanol–water partition coefficient (Wildman–Crippen LogP) is 4.05. The molecule has 4 heteroatoms. The predicted molar refractivity (Wildman–Crippen MR) is 79.2 cm³/mol. The molecule has 1 N–H and O–H groups in total. The van der Waals surface area contributed by atoms with Crippen molar-refractivity contribution in [3.05, 3.63) is 53.0 Å². The first-order valence-corrected chi connectivity index (χ1v) is 7.25. The van der Waals surface area contributed by atoms with E-state index in [0.29, 0.717) is 6.42 Å².